The van der Waals surface area contributed by atoms with E-state index >= 15 is 0 Å². The van der Waals surface area contributed by atoms with Gasteiger partial charge in [0.25, 0.3) is 0 Å². The number of carbonyl (C=O) groups excluding carboxylic acids is 3. The largest absolute Gasteiger partial charge is 0.379 e. The number of rotatable bonds is 16. The number of ether oxygens (including phenoxy) is 1. The van der Waals surface area contributed by atoms with Gasteiger partial charge in [-0.05, 0) is 45.4 Å². The van der Waals surface area contributed by atoms with Crippen LogP contribution in [0.1, 0.15) is 47.0 Å². The van der Waals surface area contributed by atoms with Crippen LogP contribution in [0.3, 0.4) is 0 Å². The van der Waals surface area contributed by atoms with Gasteiger partial charge in [0, 0.05) is 20.6 Å². The van der Waals surface area contributed by atoms with Gasteiger partial charge in [-0.2, -0.15) is 0 Å². The average molecular weight is 429 g/mol. The summed E-state index contributed by atoms with van der Waals surface area (Å²) in [6.07, 6.45) is 2.46. The van der Waals surface area contributed by atoms with Gasteiger partial charge in [0.2, 0.25) is 11.8 Å². The zero-order valence-electron chi connectivity index (χ0n) is 20.2. The lowest BCUT2D eigenvalue weighted by atomic mass is 9.91. The molecule has 0 saturated heterocycles. The van der Waals surface area contributed by atoms with E-state index in [2.05, 4.69) is 10.6 Å². The van der Waals surface area contributed by atoms with Crippen LogP contribution in [0.4, 0.5) is 0 Å². The third-order valence-electron chi connectivity index (χ3n) is 5.81. The molecule has 0 aromatic heterocycles. The number of amides is 2. The lowest BCUT2D eigenvalue weighted by Gasteiger charge is -2.37. The fourth-order valence-electron chi connectivity index (χ4n) is 3.92. The first-order chi connectivity index (χ1) is 14.2. The standard InChI is InChI=1S/C22H44N4O4/c1-9-17(4)21(18(30-8)11-14-27)26(7)19(28)15-24-22(29)20(16(2)3)25(6)13-10-12-23-5/h14,16-18,20-21,23H,9-13,15H2,1-8H3,(H,24,29). The summed E-state index contributed by atoms with van der Waals surface area (Å²) in [6.45, 7) is 9.71. The Hall–Kier alpha value is -1.51. The molecule has 8 nitrogen and oxygen atoms in total. The molecule has 30 heavy (non-hydrogen) atoms. The molecule has 0 aliphatic rings. The normalized spacial score (nSPS) is 15.5. The summed E-state index contributed by atoms with van der Waals surface area (Å²) in [5.41, 5.74) is 0. The number of carbonyl (C=O) groups is 3. The molecule has 176 valence electrons. The van der Waals surface area contributed by atoms with Crippen molar-refractivity contribution in [2.45, 2.75) is 65.1 Å². The summed E-state index contributed by atoms with van der Waals surface area (Å²) < 4.78 is 5.50. The number of methoxy groups -OCH3 is 1. The third kappa shape index (κ3) is 9.10. The number of likely N-dealkylation sites (N-methyl/N-ethyl adjacent to an activating group) is 2. The molecule has 2 amide bonds. The maximum absolute atomic E-state index is 12.9. The summed E-state index contributed by atoms with van der Waals surface area (Å²) >= 11 is 0. The minimum absolute atomic E-state index is 0.0760. The second kappa shape index (κ2) is 15.3. The Morgan fingerprint density at radius 3 is 2.27 bits per heavy atom. The summed E-state index contributed by atoms with van der Waals surface area (Å²) in [5.74, 6) is -0.0612. The Kier molecular flexibility index (Phi) is 14.5. The van der Waals surface area contributed by atoms with Crippen molar-refractivity contribution in [2.75, 3.05) is 47.9 Å². The zero-order chi connectivity index (χ0) is 23.3. The molecule has 4 atom stereocenters. The molecule has 0 rings (SSSR count). The maximum atomic E-state index is 12.9. The third-order valence-corrected chi connectivity index (χ3v) is 5.81. The summed E-state index contributed by atoms with van der Waals surface area (Å²) in [4.78, 5) is 40.4. The summed E-state index contributed by atoms with van der Waals surface area (Å²) in [5, 5.41) is 5.93. The zero-order valence-corrected chi connectivity index (χ0v) is 20.2. The Morgan fingerprint density at radius 1 is 1.17 bits per heavy atom. The van der Waals surface area contributed by atoms with Crippen molar-refractivity contribution in [3.63, 3.8) is 0 Å². The van der Waals surface area contributed by atoms with Crippen molar-refractivity contribution in [1.29, 1.82) is 0 Å². The quantitative estimate of drug-likeness (QED) is 0.283. The van der Waals surface area contributed by atoms with Crippen LogP contribution in [-0.2, 0) is 19.1 Å². The SMILES string of the molecule is CCC(C)C(C(CC=O)OC)N(C)C(=O)CNC(=O)C(C(C)C)N(C)CCCNC. The fraction of sp³-hybridized carbons (Fsp3) is 0.864. The van der Waals surface area contributed by atoms with E-state index < -0.39 is 0 Å². The molecule has 4 unspecified atom stereocenters. The van der Waals surface area contributed by atoms with Crippen LogP contribution in [-0.4, -0.2) is 94.0 Å². The van der Waals surface area contributed by atoms with Crippen molar-refractivity contribution >= 4 is 18.1 Å². The van der Waals surface area contributed by atoms with Crippen molar-refractivity contribution in [1.82, 2.24) is 20.4 Å². The first-order valence-electron chi connectivity index (χ1n) is 11.0. The van der Waals surface area contributed by atoms with Gasteiger partial charge in [-0.25, -0.2) is 0 Å². The van der Waals surface area contributed by atoms with E-state index in [9.17, 15) is 14.4 Å². The lowest BCUT2D eigenvalue weighted by Crippen LogP contribution is -2.54. The van der Waals surface area contributed by atoms with E-state index in [1.54, 1.807) is 19.1 Å². The molecule has 0 spiro atoms. The van der Waals surface area contributed by atoms with E-state index in [0.717, 1.165) is 32.2 Å². The predicted molar refractivity (Wildman–Crippen MR) is 120 cm³/mol. The highest BCUT2D eigenvalue weighted by molar-refractivity contribution is 5.87. The van der Waals surface area contributed by atoms with Crippen molar-refractivity contribution in [3.05, 3.63) is 0 Å². The number of nitrogens with zero attached hydrogens (tertiary/aromatic N) is 2. The van der Waals surface area contributed by atoms with Gasteiger partial charge in [0.05, 0.1) is 24.7 Å². The molecular formula is C22H44N4O4. The lowest BCUT2D eigenvalue weighted by molar-refractivity contribution is -0.139. The molecule has 0 fully saturated rings. The van der Waals surface area contributed by atoms with Crippen LogP contribution < -0.4 is 10.6 Å². The second-order valence-electron chi connectivity index (χ2n) is 8.40. The van der Waals surface area contributed by atoms with Crippen LogP contribution in [0.25, 0.3) is 0 Å². The van der Waals surface area contributed by atoms with Crippen molar-refractivity contribution in [2.24, 2.45) is 11.8 Å². The molecule has 0 saturated carbocycles. The molecule has 0 aliphatic carbocycles. The molecule has 0 aliphatic heterocycles. The minimum Gasteiger partial charge on any atom is -0.379 e. The van der Waals surface area contributed by atoms with E-state index in [4.69, 9.17) is 4.74 Å². The smallest absolute Gasteiger partial charge is 0.242 e. The van der Waals surface area contributed by atoms with Gasteiger partial charge >= 0.3 is 0 Å². The fourth-order valence-corrected chi connectivity index (χ4v) is 3.92. The summed E-state index contributed by atoms with van der Waals surface area (Å²) in [6, 6.07) is -0.535. The minimum atomic E-state index is -0.371. The molecule has 0 aromatic carbocycles. The highest BCUT2D eigenvalue weighted by atomic mass is 16.5. The number of nitrogens with one attached hydrogen (secondary N) is 2. The molecular weight excluding hydrogens is 384 g/mol. The first-order valence-corrected chi connectivity index (χ1v) is 11.0. The van der Waals surface area contributed by atoms with Crippen LogP contribution >= 0.6 is 0 Å². The van der Waals surface area contributed by atoms with Gasteiger partial charge in [-0.3, -0.25) is 14.5 Å². The van der Waals surface area contributed by atoms with Crippen LogP contribution in [0.5, 0.6) is 0 Å². The predicted octanol–water partition coefficient (Wildman–Crippen LogP) is 1.15. The Morgan fingerprint density at radius 2 is 1.80 bits per heavy atom. The van der Waals surface area contributed by atoms with E-state index in [1.165, 1.54) is 0 Å². The van der Waals surface area contributed by atoms with Gasteiger partial charge in [0.1, 0.15) is 6.29 Å². The van der Waals surface area contributed by atoms with Crippen LogP contribution in [0.15, 0.2) is 0 Å². The van der Waals surface area contributed by atoms with Gasteiger partial charge < -0.3 is 25.1 Å². The number of aldehydes is 1. The van der Waals surface area contributed by atoms with Gasteiger partial charge in [-0.1, -0.05) is 34.1 Å². The number of hydrogen-bond acceptors (Lipinski definition) is 6. The molecule has 0 aromatic rings. The Bertz CT molecular complexity index is 515. The van der Waals surface area contributed by atoms with Crippen molar-refractivity contribution < 1.29 is 19.1 Å². The Labute approximate surface area is 183 Å². The Balaban J connectivity index is 5.10. The highest BCUT2D eigenvalue weighted by Gasteiger charge is 2.33. The molecule has 0 bridgehead atoms. The summed E-state index contributed by atoms with van der Waals surface area (Å²) in [7, 11) is 7.12. The van der Waals surface area contributed by atoms with Gasteiger partial charge in [0.15, 0.2) is 0 Å². The van der Waals surface area contributed by atoms with Crippen LogP contribution in [0.2, 0.25) is 0 Å². The second-order valence-corrected chi connectivity index (χ2v) is 8.40. The molecule has 8 heteroatoms. The van der Waals surface area contributed by atoms with Gasteiger partial charge in [-0.15, -0.1) is 0 Å². The molecule has 2 N–H and O–H groups in total. The monoisotopic (exact) mass is 428 g/mol. The maximum Gasteiger partial charge on any atom is 0.242 e. The molecule has 0 radical (unpaired) electrons. The van der Waals surface area contributed by atoms with E-state index in [1.807, 2.05) is 46.7 Å². The number of hydrogen-bond donors (Lipinski definition) is 2. The highest BCUT2D eigenvalue weighted by Crippen LogP contribution is 2.21. The van der Waals surface area contributed by atoms with E-state index in [0.29, 0.717) is 0 Å². The first kappa shape index (κ1) is 28.5. The van der Waals surface area contributed by atoms with Crippen molar-refractivity contribution in [3.8, 4) is 0 Å². The molecule has 0 heterocycles. The average Bonchev–Trinajstić information content (AvgIpc) is 2.70. The topological polar surface area (TPSA) is 91.0 Å². The van der Waals surface area contributed by atoms with E-state index in [-0.39, 0.29) is 54.8 Å². The van der Waals surface area contributed by atoms with Crippen LogP contribution in [0, 0.1) is 11.8 Å².